The quantitative estimate of drug-likeness (QED) is 0.102. The van der Waals surface area contributed by atoms with Crippen LogP contribution in [-0.4, -0.2) is 32.4 Å². The van der Waals surface area contributed by atoms with Gasteiger partial charge in [0.05, 0.1) is 11.1 Å². The first-order valence-electron chi connectivity index (χ1n) is 15.9. The zero-order chi connectivity index (χ0) is 35.5. The first-order valence-corrected chi connectivity index (χ1v) is 18.1. The first-order chi connectivity index (χ1) is 25.1. The molecule has 4 heterocycles. The van der Waals surface area contributed by atoms with Crippen molar-refractivity contribution < 1.29 is 49.0 Å². The number of phenols is 4. The Morgan fingerprint density at radius 1 is 0.404 bits per heavy atom. The summed E-state index contributed by atoms with van der Waals surface area (Å²) in [6.07, 6.45) is 0. The maximum absolute atomic E-state index is 13.6. The molecule has 2 spiro atoms. The van der Waals surface area contributed by atoms with Crippen LogP contribution in [0.5, 0.6) is 46.0 Å². The van der Waals surface area contributed by atoms with Crippen LogP contribution < -0.4 is 9.47 Å². The number of benzene rings is 6. The molecule has 0 radical (unpaired) electrons. The van der Waals surface area contributed by atoms with Gasteiger partial charge in [0, 0.05) is 67.4 Å². The molecule has 12 heteroatoms. The Hall–Kier alpha value is -6.24. The predicted octanol–water partition coefficient (Wildman–Crippen LogP) is 8.44. The number of rotatable bonds is 3. The van der Waals surface area contributed by atoms with Crippen molar-refractivity contribution in [1.82, 2.24) is 0 Å². The fraction of sp³-hybridized carbons (Fsp3) is 0.0500. The van der Waals surface area contributed by atoms with E-state index in [0.717, 1.165) is 9.79 Å². The van der Waals surface area contributed by atoms with Crippen LogP contribution in [0.1, 0.15) is 54.1 Å². The number of hydrogen-bond acceptors (Lipinski definition) is 12. The topological polar surface area (TPSA) is 152 Å². The lowest BCUT2D eigenvalue weighted by Crippen LogP contribution is -2.32. The molecule has 6 aromatic carbocycles. The van der Waals surface area contributed by atoms with E-state index in [9.17, 15) is 30.0 Å². The SMILES string of the molecule is O=C1OC2(c3ccc(O)cc3Oc3cc(O)ccc32)c2ccc(SSc3ccc4c(c3)C(=O)OC43c4ccc(O)cc4Oc4cc(O)ccc43)cc21. The third kappa shape index (κ3) is 4.16. The second kappa shape index (κ2) is 10.6. The molecule has 0 aliphatic carbocycles. The molecule has 0 bridgehead atoms. The van der Waals surface area contributed by atoms with Gasteiger partial charge in [0.15, 0.2) is 11.2 Å². The number of carbonyl (C=O) groups is 2. The summed E-state index contributed by atoms with van der Waals surface area (Å²) in [5, 5.41) is 40.8. The number of esters is 2. The molecule has 0 fully saturated rings. The van der Waals surface area contributed by atoms with E-state index in [4.69, 9.17) is 18.9 Å². The van der Waals surface area contributed by atoms with E-state index in [2.05, 4.69) is 0 Å². The molecule has 0 amide bonds. The number of aromatic hydroxyl groups is 4. The van der Waals surface area contributed by atoms with Gasteiger partial charge in [-0.05, 0) is 72.8 Å². The van der Waals surface area contributed by atoms with Gasteiger partial charge in [-0.2, -0.15) is 0 Å². The normalized spacial score (nSPS) is 16.0. The Morgan fingerprint density at radius 2 is 0.712 bits per heavy atom. The lowest BCUT2D eigenvalue weighted by molar-refractivity contribution is 0.0214. The van der Waals surface area contributed by atoms with Gasteiger partial charge in [-0.1, -0.05) is 33.7 Å². The van der Waals surface area contributed by atoms with Crippen molar-refractivity contribution in [1.29, 1.82) is 0 Å². The van der Waals surface area contributed by atoms with E-state index in [-0.39, 0.29) is 23.0 Å². The van der Waals surface area contributed by atoms with Crippen molar-refractivity contribution >= 4 is 33.5 Å². The number of phenolic OH excluding ortho intramolecular Hbond substituents is 4. The Labute approximate surface area is 302 Å². The minimum Gasteiger partial charge on any atom is -0.508 e. The van der Waals surface area contributed by atoms with Crippen molar-refractivity contribution in [3.05, 3.63) is 154 Å². The van der Waals surface area contributed by atoms with Crippen molar-refractivity contribution in [2.24, 2.45) is 0 Å². The zero-order valence-corrected chi connectivity index (χ0v) is 28.1. The second-order valence-electron chi connectivity index (χ2n) is 12.6. The Bertz CT molecular complexity index is 2320. The highest BCUT2D eigenvalue weighted by Gasteiger charge is 2.55. The highest BCUT2D eigenvalue weighted by Crippen LogP contribution is 2.59. The molecule has 4 aliphatic heterocycles. The average molecular weight is 727 g/mol. The Kier molecular flexibility index (Phi) is 6.25. The van der Waals surface area contributed by atoms with E-state index in [1.165, 1.54) is 70.1 Å². The molecule has 6 aromatic rings. The summed E-state index contributed by atoms with van der Waals surface area (Å²) < 4.78 is 24.5. The van der Waals surface area contributed by atoms with Crippen LogP contribution in [-0.2, 0) is 20.7 Å². The number of carbonyl (C=O) groups excluding carboxylic acids is 2. The summed E-state index contributed by atoms with van der Waals surface area (Å²) in [4.78, 5) is 28.7. The fourth-order valence-corrected chi connectivity index (χ4v) is 9.54. The van der Waals surface area contributed by atoms with E-state index < -0.39 is 23.1 Å². The summed E-state index contributed by atoms with van der Waals surface area (Å²) in [5.41, 5.74) is 1.35. The van der Waals surface area contributed by atoms with Crippen molar-refractivity contribution in [3.8, 4) is 46.0 Å². The fourth-order valence-electron chi connectivity index (χ4n) is 7.57. The van der Waals surface area contributed by atoms with Gasteiger partial charge in [-0.25, -0.2) is 9.59 Å². The van der Waals surface area contributed by atoms with Crippen molar-refractivity contribution in [2.75, 3.05) is 0 Å². The molecule has 0 saturated carbocycles. The lowest BCUT2D eigenvalue weighted by atomic mass is 9.77. The van der Waals surface area contributed by atoms with Crippen molar-refractivity contribution in [2.45, 2.75) is 21.0 Å². The molecular formula is C40H22O10S2. The summed E-state index contributed by atoms with van der Waals surface area (Å²) in [6, 6.07) is 29.4. The van der Waals surface area contributed by atoms with Crippen LogP contribution in [0.3, 0.4) is 0 Å². The molecular weight excluding hydrogens is 705 g/mol. The largest absolute Gasteiger partial charge is 0.508 e. The van der Waals surface area contributed by atoms with Crippen LogP contribution in [0, 0.1) is 0 Å². The zero-order valence-electron chi connectivity index (χ0n) is 26.4. The maximum atomic E-state index is 13.6. The van der Waals surface area contributed by atoms with Gasteiger partial charge in [-0.15, -0.1) is 0 Å². The van der Waals surface area contributed by atoms with Crippen LogP contribution in [0.4, 0.5) is 0 Å². The standard InChI is InChI=1S/C40H22O10S2/c41-19-1-7-29-33(13-19)47-34-14-20(42)2-8-30(34)39(29)27-11-5-23(17-25(27)37(45)49-39)51-52-24-6-12-28-26(18-24)38(46)50-40(28)31-9-3-21(43)15-35(31)48-36-16-22(44)4-10-32(36)40/h1-18,41-44H. The molecule has 0 aromatic heterocycles. The first kappa shape index (κ1) is 30.6. The summed E-state index contributed by atoms with van der Waals surface area (Å²) >= 11 is 0. The summed E-state index contributed by atoms with van der Waals surface area (Å²) in [7, 11) is 2.79. The van der Waals surface area contributed by atoms with Crippen molar-refractivity contribution in [3.63, 3.8) is 0 Å². The molecule has 10 nitrogen and oxygen atoms in total. The summed E-state index contributed by atoms with van der Waals surface area (Å²) in [5.74, 6) is 0.0307. The third-order valence-corrected chi connectivity index (χ3v) is 12.1. The number of hydrogen-bond donors (Lipinski definition) is 4. The van der Waals surface area contributed by atoms with Gasteiger partial charge in [0.25, 0.3) is 0 Å². The van der Waals surface area contributed by atoms with E-state index in [1.54, 1.807) is 36.4 Å². The number of fused-ring (bicyclic) bond motifs is 12. The van der Waals surface area contributed by atoms with Crippen LogP contribution in [0.2, 0.25) is 0 Å². The highest BCUT2D eigenvalue weighted by molar-refractivity contribution is 8.76. The minimum absolute atomic E-state index is 0.0243. The van der Waals surface area contributed by atoms with E-state index in [1.807, 2.05) is 24.3 Å². The van der Waals surface area contributed by atoms with Gasteiger partial charge in [0.2, 0.25) is 0 Å². The van der Waals surface area contributed by atoms with Gasteiger partial charge in [-0.3, -0.25) is 0 Å². The molecule has 10 rings (SSSR count). The third-order valence-electron chi connectivity index (χ3n) is 9.72. The monoisotopic (exact) mass is 726 g/mol. The van der Waals surface area contributed by atoms with E-state index >= 15 is 0 Å². The number of ether oxygens (including phenoxy) is 4. The summed E-state index contributed by atoms with van der Waals surface area (Å²) in [6.45, 7) is 0. The lowest BCUT2D eigenvalue weighted by Gasteiger charge is -2.36. The van der Waals surface area contributed by atoms with Crippen LogP contribution >= 0.6 is 21.6 Å². The maximum Gasteiger partial charge on any atom is 0.340 e. The minimum atomic E-state index is -1.36. The smallest absolute Gasteiger partial charge is 0.340 e. The molecule has 4 aliphatic rings. The Morgan fingerprint density at radius 3 is 1.04 bits per heavy atom. The molecule has 0 atom stereocenters. The predicted molar refractivity (Wildman–Crippen MR) is 188 cm³/mol. The van der Waals surface area contributed by atoms with Gasteiger partial charge in [0.1, 0.15) is 46.0 Å². The Balaban J connectivity index is 0.996. The van der Waals surface area contributed by atoms with Gasteiger partial charge < -0.3 is 39.4 Å². The second-order valence-corrected chi connectivity index (χ2v) is 14.9. The molecule has 52 heavy (non-hydrogen) atoms. The van der Waals surface area contributed by atoms with Crippen LogP contribution in [0.15, 0.2) is 119 Å². The molecule has 254 valence electrons. The average Bonchev–Trinajstić information content (AvgIpc) is 3.57. The molecule has 0 saturated heterocycles. The van der Waals surface area contributed by atoms with Crippen LogP contribution in [0.25, 0.3) is 0 Å². The molecule has 4 N–H and O–H groups in total. The molecule has 0 unspecified atom stereocenters. The van der Waals surface area contributed by atoms with Gasteiger partial charge >= 0.3 is 11.9 Å². The highest BCUT2D eigenvalue weighted by atomic mass is 33.1. The van der Waals surface area contributed by atoms with E-state index in [0.29, 0.717) is 67.5 Å².